The number of amides is 2. The van der Waals surface area contributed by atoms with E-state index < -0.39 is 5.97 Å². The van der Waals surface area contributed by atoms with Crippen LogP contribution in [0.5, 0.6) is 0 Å². The minimum absolute atomic E-state index is 0.112. The maximum absolute atomic E-state index is 12.1. The van der Waals surface area contributed by atoms with E-state index in [1.54, 1.807) is 0 Å². The Hall–Kier alpha value is -0.910. The third-order valence-electron chi connectivity index (χ3n) is 3.52. The lowest BCUT2D eigenvalue weighted by Crippen LogP contribution is -2.50. The van der Waals surface area contributed by atoms with Crippen LogP contribution in [0.2, 0.25) is 0 Å². The summed E-state index contributed by atoms with van der Waals surface area (Å²) in [5.74, 6) is -0.977. The molecule has 5 nitrogen and oxygen atoms in total. The molecule has 1 aliphatic carbocycles. The number of carbonyl (C=O) groups is 2. The molecule has 2 amide bonds. The summed E-state index contributed by atoms with van der Waals surface area (Å²) in [7, 11) is 0. The molecule has 0 radical (unpaired) electrons. The largest absolute Gasteiger partial charge is 0.480 e. The van der Waals surface area contributed by atoms with E-state index in [0.717, 1.165) is 25.7 Å². The molecule has 0 saturated heterocycles. The zero-order valence-electron chi connectivity index (χ0n) is 11.9. The van der Waals surface area contributed by atoms with Gasteiger partial charge in [0.2, 0.25) is 0 Å². The number of urea groups is 1. The number of thioether (sulfide) groups is 1. The molecule has 6 heteroatoms. The highest BCUT2D eigenvalue weighted by Crippen LogP contribution is 2.26. The molecule has 1 aliphatic rings. The van der Waals surface area contributed by atoms with Crippen LogP contribution in [0.1, 0.15) is 39.5 Å². The van der Waals surface area contributed by atoms with Gasteiger partial charge in [0.15, 0.2) is 0 Å². The number of nitrogens with one attached hydrogen (secondary N) is 1. The summed E-state index contributed by atoms with van der Waals surface area (Å²) >= 11 is 1.89. The lowest BCUT2D eigenvalue weighted by Gasteiger charge is -2.31. The van der Waals surface area contributed by atoms with Gasteiger partial charge in [-0.05, 0) is 45.8 Å². The molecule has 0 aromatic rings. The Morgan fingerprint density at radius 3 is 2.32 bits per heavy atom. The van der Waals surface area contributed by atoms with Gasteiger partial charge < -0.3 is 15.3 Å². The second-order valence-electron chi connectivity index (χ2n) is 5.27. The van der Waals surface area contributed by atoms with Gasteiger partial charge in [-0.15, -0.1) is 0 Å². The molecule has 1 saturated carbocycles. The van der Waals surface area contributed by atoms with Crippen molar-refractivity contribution in [1.29, 1.82) is 0 Å². The Kier molecular flexibility index (Phi) is 6.48. The van der Waals surface area contributed by atoms with Gasteiger partial charge in [-0.25, -0.2) is 4.79 Å². The van der Waals surface area contributed by atoms with Gasteiger partial charge >= 0.3 is 12.0 Å². The standard InChI is InChI=1S/C13H24N2O3S/c1-9(2)15(8-12(16)17)13(18)14-10-4-6-11(19-3)7-5-10/h9-11H,4-8H2,1-3H3,(H,14,18)(H,16,17). The van der Waals surface area contributed by atoms with Crippen molar-refractivity contribution in [2.45, 2.75) is 56.9 Å². The van der Waals surface area contributed by atoms with E-state index in [1.807, 2.05) is 25.6 Å². The predicted molar refractivity (Wildman–Crippen MR) is 77.6 cm³/mol. The van der Waals surface area contributed by atoms with Crippen LogP contribution in [0.15, 0.2) is 0 Å². The van der Waals surface area contributed by atoms with E-state index in [0.29, 0.717) is 5.25 Å². The number of carbonyl (C=O) groups excluding carboxylic acids is 1. The maximum atomic E-state index is 12.1. The molecule has 1 fully saturated rings. The average Bonchev–Trinajstić information content (AvgIpc) is 2.36. The van der Waals surface area contributed by atoms with Crippen LogP contribution < -0.4 is 5.32 Å². The SMILES string of the molecule is CSC1CCC(NC(=O)N(CC(=O)O)C(C)C)CC1. The fourth-order valence-corrected chi connectivity index (χ4v) is 3.08. The lowest BCUT2D eigenvalue weighted by molar-refractivity contribution is -0.138. The molecule has 1 rings (SSSR count). The average molecular weight is 288 g/mol. The van der Waals surface area contributed by atoms with Gasteiger partial charge in [0.05, 0.1) is 0 Å². The second-order valence-corrected chi connectivity index (χ2v) is 6.41. The Labute approximate surface area is 119 Å². The van der Waals surface area contributed by atoms with Gasteiger partial charge in [0.1, 0.15) is 6.54 Å². The lowest BCUT2D eigenvalue weighted by atomic mass is 9.95. The van der Waals surface area contributed by atoms with E-state index in [9.17, 15) is 9.59 Å². The molecule has 0 aliphatic heterocycles. The number of nitrogens with zero attached hydrogens (tertiary/aromatic N) is 1. The molecule has 0 spiro atoms. The summed E-state index contributed by atoms with van der Waals surface area (Å²) in [6.07, 6.45) is 6.32. The van der Waals surface area contributed by atoms with Gasteiger partial charge in [0, 0.05) is 17.3 Å². The molecule has 0 unspecified atom stereocenters. The number of hydrogen-bond donors (Lipinski definition) is 2. The fourth-order valence-electron chi connectivity index (χ4n) is 2.34. The van der Waals surface area contributed by atoms with Crippen LogP contribution in [0.25, 0.3) is 0 Å². The van der Waals surface area contributed by atoms with E-state index in [-0.39, 0.29) is 24.7 Å². The first-order valence-electron chi connectivity index (χ1n) is 6.75. The molecule has 0 aromatic heterocycles. The van der Waals surface area contributed by atoms with Crippen molar-refractivity contribution >= 4 is 23.8 Å². The topological polar surface area (TPSA) is 69.6 Å². The van der Waals surface area contributed by atoms with Crippen LogP contribution in [0.4, 0.5) is 4.79 Å². The number of aliphatic carboxylic acids is 1. The third kappa shape index (κ3) is 5.30. The van der Waals surface area contributed by atoms with Crippen LogP contribution in [0.3, 0.4) is 0 Å². The van der Waals surface area contributed by atoms with Crippen LogP contribution in [-0.2, 0) is 4.79 Å². The molecule has 0 heterocycles. The summed E-state index contributed by atoms with van der Waals surface area (Å²) in [6.45, 7) is 3.41. The summed E-state index contributed by atoms with van der Waals surface area (Å²) in [6, 6.07) is -0.186. The van der Waals surface area contributed by atoms with Crippen LogP contribution >= 0.6 is 11.8 Å². The molecule has 110 valence electrons. The van der Waals surface area contributed by atoms with Crippen molar-refractivity contribution < 1.29 is 14.7 Å². The normalized spacial score (nSPS) is 23.2. The van der Waals surface area contributed by atoms with Crippen molar-refractivity contribution in [3.8, 4) is 0 Å². The Morgan fingerprint density at radius 1 is 1.32 bits per heavy atom. The van der Waals surface area contributed by atoms with Crippen LogP contribution in [0, 0.1) is 0 Å². The summed E-state index contributed by atoms with van der Waals surface area (Å²) in [4.78, 5) is 24.2. The first-order chi connectivity index (χ1) is 8.93. The Morgan fingerprint density at radius 2 is 1.89 bits per heavy atom. The Balaban J connectivity index is 2.46. The number of hydrogen-bond acceptors (Lipinski definition) is 3. The molecular formula is C13H24N2O3S. The molecule has 0 bridgehead atoms. The molecule has 2 N–H and O–H groups in total. The molecule has 0 aromatic carbocycles. The monoisotopic (exact) mass is 288 g/mol. The number of carboxylic acids is 1. The quantitative estimate of drug-likeness (QED) is 0.813. The van der Waals surface area contributed by atoms with Crippen molar-refractivity contribution in [3.63, 3.8) is 0 Å². The summed E-state index contributed by atoms with van der Waals surface area (Å²) in [5.41, 5.74) is 0. The fraction of sp³-hybridized carbons (Fsp3) is 0.846. The third-order valence-corrected chi connectivity index (χ3v) is 4.66. The zero-order chi connectivity index (χ0) is 14.4. The number of carboxylic acid groups (broad SMARTS) is 1. The molecule has 0 atom stereocenters. The minimum Gasteiger partial charge on any atom is -0.480 e. The van der Waals surface area contributed by atoms with Crippen LogP contribution in [-0.4, -0.2) is 52.1 Å². The van der Waals surface area contributed by atoms with Gasteiger partial charge in [0.25, 0.3) is 0 Å². The van der Waals surface area contributed by atoms with E-state index in [2.05, 4.69) is 11.6 Å². The van der Waals surface area contributed by atoms with Gasteiger partial charge in [-0.2, -0.15) is 11.8 Å². The second kappa shape index (κ2) is 7.62. The highest BCUT2D eigenvalue weighted by molar-refractivity contribution is 7.99. The smallest absolute Gasteiger partial charge is 0.323 e. The summed E-state index contributed by atoms with van der Waals surface area (Å²) in [5, 5.41) is 12.5. The zero-order valence-corrected chi connectivity index (χ0v) is 12.7. The van der Waals surface area contributed by atoms with E-state index >= 15 is 0 Å². The van der Waals surface area contributed by atoms with Gasteiger partial charge in [-0.1, -0.05) is 0 Å². The predicted octanol–water partition coefficient (Wildman–Crippen LogP) is 2.17. The van der Waals surface area contributed by atoms with Crippen molar-refractivity contribution in [3.05, 3.63) is 0 Å². The minimum atomic E-state index is -0.977. The van der Waals surface area contributed by atoms with E-state index in [4.69, 9.17) is 5.11 Å². The van der Waals surface area contributed by atoms with Crippen molar-refractivity contribution in [2.24, 2.45) is 0 Å². The van der Waals surface area contributed by atoms with Gasteiger partial charge in [-0.3, -0.25) is 4.79 Å². The van der Waals surface area contributed by atoms with Crippen molar-refractivity contribution in [1.82, 2.24) is 10.2 Å². The molecule has 19 heavy (non-hydrogen) atoms. The Bertz CT molecular complexity index is 315. The van der Waals surface area contributed by atoms with Crippen molar-refractivity contribution in [2.75, 3.05) is 12.8 Å². The highest BCUT2D eigenvalue weighted by Gasteiger charge is 2.25. The first kappa shape index (κ1) is 16.1. The maximum Gasteiger partial charge on any atom is 0.323 e. The summed E-state index contributed by atoms with van der Waals surface area (Å²) < 4.78 is 0. The van der Waals surface area contributed by atoms with E-state index in [1.165, 1.54) is 4.90 Å². The number of rotatable bonds is 5. The molecular weight excluding hydrogens is 264 g/mol. The first-order valence-corrected chi connectivity index (χ1v) is 8.04. The highest BCUT2D eigenvalue weighted by atomic mass is 32.2.